The lowest BCUT2D eigenvalue weighted by molar-refractivity contribution is 0.158. The number of thioether (sulfide) groups is 1. The van der Waals surface area contributed by atoms with Gasteiger partial charge in [-0.3, -0.25) is 0 Å². The summed E-state index contributed by atoms with van der Waals surface area (Å²) < 4.78 is 5.44. The summed E-state index contributed by atoms with van der Waals surface area (Å²) in [6.07, 6.45) is 0.874. The predicted molar refractivity (Wildman–Crippen MR) is 87.8 cm³/mol. The van der Waals surface area contributed by atoms with Crippen molar-refractivity contribution in [3.63, 3.8) is 0 Å². The Balaban J connectivity index is 2.02. The van der Waals surface area contributed by atoms with Crippen molar-refractivity contribution in [1.29, 1.82) is 0 Å². The molecule has 0 spiro atoms. The van der Waals surface area contributed by atoms with Gasteiger partial charge in [-0.15, -0.1) is 0 Å². The summed E-state index contributed by atoms with van der Waals surface area (Å²) in [7, 11) is 0. The van der Waals surface area contributed by atoms with Crippen LogP contribution in [0.2, 0.25) is 0 Å². The third-order valence-electron chi connectivity index (χ3n) is 3.35. The topological polar surface area (TPSA) is 61.0 Å². The molecule has 21 heavy (non-hydrogen) atoms. The van der Waals surface area contributed by atoms with Crippen LogP contribution < -0.4 is 5.32 Å². The molecule has 1 unspecified atom stereocenters. The van der Waals surface area contributed by atoms with Crippen molar-refractivity contribution in [1.82, 2.24) is 10.2 Å². The van der Waals surface area contributed by atoms with Crippen molar-refractivity contribution < 1.29 is 9.52 Å². The number of hydrogen-bond donors (Lipinski definition) is 2. The standard InChI is InChI=1S/C15H25N3O2S/c1-4-16-14(18-7-9-21-15(2,3)11-18)17-10-12(19)13-6-5-8-20-13/h5-6,8,12,19H,4,7,9-11H2,1-3H3,(H,16,17). The van der Waals surface area contributed by atoms with Gasteiger partial charge in [0.25, 0.3) is 0 Å². The van der Waals surface area contributed by atoms with E-state index in [-0.39, 0.29) is 4.75 Å². The van der Waals surface area contributed by atoms with Crippen LogP contribution in [0.25, 0.3) is 0 Å². The highest BCUT2D eigenvalue weighted by molar-refractivity contribution is 8.00. The summed E-state index contributed by atoms with van der Waals surface area (Å²) >= 11 is 1.99. The second-order valence-electron chi connectivity index (χ2n) is 5.76. The molecule has 118 valence electrons. The normalized spacial score (nSPS) is 20.4. The van der Waals surface area contributed by atoms with E-state index in [1.165, 1.54) is 0 Å². The van der Waals surface area contributed by atoms with Gasteiger partial charge in [0, 0.05) is 30.1 Å². The zero-order valence-corrected chi connectivity index (χ0v) is 13.8. The third-order valence-corrected chi connectivity index (χ3v) is 4.64. The molecule has 2 rings (SSSR count). The van der Waals surface area contributed by atoms with Crippen LogP contribution in [0.3, 0.4) is 0 Å². The molecule has 1 aliphatic rings. The molecule has 0 aromatic carbocycles. The Morgan fingerprint density at radius 3 is 3.05 bits per heavy atom. The van der Waals surface area contributed by atoms with Crippen molar-refractivity contribution in [2.75, 3.05) is 31.9 Å². The number of furan rings is 1. The summed E-state index contributed by atoms with van der Waals surface area (Å²) in [5, 5.41) is 13.4. The minimum atomic E-state index is -0.694. The first-order valence-corrected chi connectivity index (χ1v) is 8.39. The number of aliphatic imine (C=N–C) groups is 1. The Labute approximate surface area is 130 Å². The van der Waals surface area contributed by atoms with E-state index in [1.807, 2.05) is 11.8 Å². The fourth-order valence-electron chi connectivity index (χ4n) is 2.37. The second kappa shape index (κ2) is 7.22. The van der Waals surface area contributed by atoms with Gasteiger partial charge in [0.15, 0.2) is 5.96 Å². The zero-order chi connectivity index (χ0) is 15.3. The Kier molecular flexibility index (Phi) is 5.58. The van der Waals surface area contributed by atoms with Gasteiger partial charge in [-0.25, -0.2) is 4.99 Å². The first kappa shape index (κ1) is 16.2. The molecule has 1 atom stereocenters. The van der Waals surface area contributed by atoms with Crippen LogP contribution in [0.4, 0.5) is 0 Å². The molecule has 2 N–H and O–H groups in total. The zero-order valence-electron chi connectivity index (χ0n) is 13.0. The lowest BCUT2D eigenvalue weighted by Crippen LogP contribution is -2.51. The molecule has 1 fully saturated rings. The third kappa shape index (κ3) is 4.68. The Hall–Kier alpha value is -1.14. The molecule has 0 saturated carbocycles. The number of nitrogens with zero attached hydrogens (tertiary/aromatic N) is 2. The van der Waals surface area contributed by atoms with E-state index in [0.29, 0.717) is 12.3 Å². The number of nitrogens with one attached hydrogen (secondary N) is 1. The summed E-state index contributed by atoms with van der Waals surface area (Å²) in [6.45, 7) is 9.63. The molecule has 1 aromatic rings. The van der Waals surface area contributed by atoms with Gasteiger partial charge >= 0.3 is 0 Å². The Bertz CT molecular complexity index is 459. The van der Waals surface area contributed by atoms with Crippen molar-refractivity contribution in [3.8, 4) is 0 Å². The van der Waals surface area contributed by atoms with Crippen LogP contribution in [0.15, 0.2) is 27.8 Å². The molecule has 0 bridgehead atoms. The van der Waals surface area contributed by atoms with Crippen molar-refractivity contribution >= 4 is 17.7 Å². The summed E-state index contributed by atoms with van der Waals surface area (Å²) in [5.74, 6) is 2.53. The molecule has 1 aliphatic heterocycles. The molecule has 1 aromatic heterocycles. The van der Waals surface area contributed by atoms with Gasteiger partial charge in [-0.1, -0.05) is 0 Å². The van der Waals surface area contributed by atoms with E-state index in [0.717, 1.165) is 31.3 Å². The molecule has 0 aliphatic carbocycles. The van der Waals surface area contributed by atoms with Crippen LogP contribution in [-0.2, 0) is 0 Å². The van der Waals surface area contributed by atoms with Gasteiger partial charge in [0.05, 0.1) is 12.8 Å². The van der Waals surface area contributed by atoms with E-state index < -0.39 is 6.10 Å². The number of rotatable bonds is 4. The molecule has 0 radical (unpaired) electrons. The van der Waals surface area contributed by atoms with Gasteiger partial charge in [-0.05, 0) is 32.9 Å². The van der Waals surface area contributed by atoms with Gasteiger partial charge in [-0.2, -0.15) is 11.8 Å². The second-order valence-corrected chi connectivity index (χ2v) is 7.56. The highest BCUT2D eigenvalue weighted by Gasteiger charge is 2.28. The fraction of sp³-hybridized carbons (Fsp3) is 0.667. The summed E-state index contributed by atoms with van der Waals surface area (Å²) in [5.41, 5.74) is 0. The summed E-state index contributed by atoms with van der Waals surface area (Å²) in [6, 6.07) is 3.55. The molecular formula is C15H25N3O2S. The maximum atomic E-state index is 10.1. The van der Waals surface area contributed by atoms with Gasteiger partial charge in [0.1, 0.15) is 11.9 Å². The molecule has 6 heteroatoms. The SMILES string of the molecule is CCNC(=NCC(O)c1ccco1)N1CCSC(C)(C)C1. The van der Waals surface area contributed by atoms with Crippen LogP contribution in [-0.4, -0.2) is 52.6 Å². The fourth-order valence-corrected chi connectivity index (χ4v) is 3.48. The predicted octanol–water partition coefficient (Wildman–Crippen LogP) is 2.11. The van der Waals surface area contributed by atoms with E-state index in [9.17, 15) is 5.11 Å². The maximum Gasteiger partial charge on any atom is 0.194 e. The van der Waals surface area contributed by atoms with E-state index in [4.69, 9.17) is 4.42 Å². The van der Waals surface area contributed by atoms with Crippen LogP contribution >= 0.6 is 11.8 Å². The van der Waals surface area contributed by atoms with Crippen LogP contribution in [0, 0.1) is 0 Å². The number of hydrogen-bond acceptors (Lipinski definition) is 4. The molecule has 2 heterocycles. The van der Waals surface area contributed by atoms with Crippen LogP contribution in [0.1, 0.15) is 32.6 Å². The smallest absolute Gasteiger partial charge is 0.194 e. The largest absolute Gasteiger partial charge is 0.467 e. The Morgan fingerprint density at radius 2 is 2.43 bits per heavy atom. The molecule has 5 nitrogen and oxygen atoms in total. The highest BCUT2D eigenvalue weighted by Crippen LogP contribution is 2.29. The monoisotopic (exact) mass is 311 g/mol. The number of aliphatic hydroxyl groups excluding tert-OH is 1. The van der Waals surface area contributed by atoms with Crippen molar-refractivity contribution in [2.24, 2.45) is 4.99 Å². The molecule has 0 amide bonds. The summed E-state index contributed by atoms with van der Waals surface area (Å²) in [4.78, 5) is 6.84. The quantitative estimate of drug-likeness (QED) is 0.659. The molecule has 1 saturated heterocycles. The minimum Gasteiger partial charge on any atom is -0.467 e. The molecular weight excluding hydrogens is 286 g/mol. The average Bonchev–Trinajstić information content (AvgIpc) is 2.96. The highest BCUT2D eigenvalue weighted by atomic mass is 32.2. The van der Waals surface area contributed by atoms with Crippen molar-refractivity contribution in [3.05, 3.63) is 24.2 Å². The number of guanidine groups is 1. The van der Waals surface area contributed by atoms with Crippen LogP contribution in [0.5, 0.6) is 0 Å². The van der Waals surface area contributed by atoms with E-state index in [1.54, 1.807) is 18.4 Å². The first-order valence-electron chi connectivity index (χ1n) is 7.40. The lowest BCUT2D eigenvalue weighted by atomic mass is 10.2. The number of aliphatic hydroxyl groups is 1. The Morgan fingerprint density at radius 1 is 1.62 bits per heavy atom. The van der Waals surface area contributed by atoms with Gasteiger partial charge in [0.2, 0.25) is 0 Å². The van der Waals surface area contributed by atoms with E-state index in [2.05, 4.69) is 36.0 Å². The average molecular weight is 311 g/mol. The lowest BCUT2D eigenvalue weighted by Gasteiger charge is -2.39. The van der Waals surface area contributed by atoms with E-state index >= 15 is 0 Å². The minimum absolute atomic E-state index is 0.230. The maximum absolute atomic E-state index is 10.1. The van der Waals surface area contributed by atoms with Crippen molar-refractivity contribution in [2.45, 2.75) is 31.6 Å². The van der Waals surface area contributed by atoms with Gasteiger partial charge < -0.3 is 19.7 Å². The first-order chi connectivity index (χ1) is 10.0.